The Morgan fingerprint density at radius 1 is 0.750 bits per heavy atom. The molecule has 2 saturated heterocycles. The van der Waals surface area contributed by atoms with E-state index in [2.05, 4.69) is 86.4 Å². The second kappa shape index (κ2) is 9.60. The number of nitrogens with zero attached hydrogens (tertiary/aromatic N) is 2. The summed E-state index contributed by atoms with van der Waals surface area (Å²) >= 11 is 3.57. The minimum absolute atomic E-state index is 0.125. The van der Waals surface area contributed by atoms with Gasteiger partial charge in [0.2, 0.25) is 0 Å². The maximum atomic E-state index is 13.4. The van der Waals surface area contributed by atoms with E-state index >= 15 is 0 Å². The minimum Gasteiger partial charge on any atom is -0.336 e. The number of carbonyl (C=O) groups excluding carboxylic acids is 1. The van der Waals surface area contributed by atoms with Gasteiger partial charge >= 0.3 is 0 Å². The number of hydrogen-bond donors (Lipinski definition) is 0. The molecule has 2 aliphatic rings. The van der Waals surface area contributed by atoms with Crippen LogP contribution in [0.4, 0.5) is 0 Å². The summed E-state index contributed by atoms with van der Waals surface area (Å²) in [5.41, 5.74) is 3.55. The molecular weight excluding hydrogens is 460 g/mol. The summed E-state index contributed by atoms with van der Waals surface area (Å²) in [6.45, 7) is 3.73. The van der Waals surface area contributed by atoms with Crippen LogP contribution in [0.15, 0.2) is 89.4 Å². The zero-order valence-corrected chi connectivity index (χ0v) is 19.8. The van der Waals surface area contributed by atoms with E-state index in [1.807, 2.05) is 24.3 Å². The zero-order chi connectivity index (χ0) is 21.9. The molecule has 0 bridgehead atoms. The van der Waals surface area contributed by atoms with E-state index < -0.39 is 0 Å². The predicted octanol–water partition coefficient (Wildman–Crippen LogP) is 5.94. The van der Waals surface area contributed by atoms with Gasteiger partial charge < -0.3 is 4.90 Å². The summed E-state index contributed by atoms with van der Waals surface area (Å²) in [6, 6.07) is 29.8. The summed E-state index contributed by atoms with van der Waals surface area (Å²) in [5, 5.41) is 0. The molecule has 3 aromatic rings. The zero-order valence-electron chi connectivity index (χ0n) is 18.2. The quantitative estimate of drug-likeness (QED) is 0.453. The lowest BCUT2D eigenvalue weighted by Gasteiger charge is -2.38. The number of hydrogen-bond acceptors (Lipinski definition) is 2. The molecule has 32 heavy (non-hydrogen) atoms. The first-order chi connectivity index (χ1) is 15.7. The van der Waals surface area contributed by atoms with Gasteiger partial charge in [0, 0.05) is 29.5 Å². The van der Waals surface area contributed by atoms with Gasteiger partial charge in [-0.2, -0.15) is 0 Å². The van der Waals surface area contributed by atoms with Crippen LogP contribution in [0.25, 0.3) is 0 Å². The van der Waals surface area contributed by atoms with Gasteiger partial charge in [0.15, 0.2) is 0 Å². The Morgan fingerprint density at radius 2 is 1.34 bits per heavy atom. The van der Waals surface area contributed by atoms with E-state index in [0.717, 1.165) is 36.2 Å². The molecule has 0 aliphatic carbocycles. The van der Waals surface area contributed by atoms with Crippen molar-refractivity contribution in [3.8, 4) is 0 Å². The molecule has 164 valence electrons. The Hall–Kier alpha value is -2.43. The van der Waals surface area contributed by atoms with Crippen LogP contribution in [0.3, 0.4) is 0 Å². The van der Waals surface area contributed by atoms with Crippen molar-refractivity contribution < 1.29 is 4.79 Å². The molecule has 0 radical (unpaired) electrons. The van der Waals surface area contributed by atoms with E-state index in [-0.39, 0.29) is 5.91 Å². The van der Waals surface area contributed by atoms with Crippen molar-refractivity contribution in [3.63, 3.8) is 0 Å². The van der Waals surface area contributed by atoms with Crippen LogP contribution in [-0.4, -0.2) is 47.9 Å². The van der Waals surface area contributed by atoms with Crippen molar-refractivity contribution in [2.24, 2.45) is 0 Å². The van der Waals surface area contributed by atoms with Crippen molar-refractivity contribution in [2.45, 2.75) is 30.7 Å². The number of halogens is 1. The van der Waals surface area contributed by atoms with Gasteiger partial charge in [-0.05, 0) is 71.0 Å². The third-order valence-corrected chi connectivity index (χ3v) is 7.87. The van der Waals surface area contributed by atoms with Crippen LogP contribution >= 0.6 is 15.9 Å². The maximum Gasteiger partial charge on any atom is 0.255 e. The van der Waals surface area contributed by atoms with E-state index in [0.29, 0.717) is 17.9 Å². The molecular formula is C28H29BrN2O. The lowest BCUT2D eigenvalue weighted by Crippen LogP contribution is -2.45. The second-order valence-electron chi connectivity index (χ2n) is 9.00. The Kier molecular flexibility index (Phi) is 6.42. The predicted molar refractivity (Wildman–Crippen MR) is 133 cm³/mol. The number of benzene rings is 3. The Bertz CT molecular complexity index is 1050. The van der Waals surface area contributed by atoms with Crippen LogP contribution in [0, 0.1) is 0 Å². The molecule has 0 unspecified atom stereocenters. The highest BCUT2D eigenvalue weighted by atomic mass is 79.9. The number of amides is 1. The minimum atomic E-state index is 0.125. The first-order valence-corrected chi connectivity index (χ1v) is 12.4. The van der Waals surface area contributed by atoms with Gasteiger partial charge in [0.1, 0.15) is 0 Å². The maximum absolute atomic E-state index is 13.4. The van der Waals surface area contributed by atoms with Gasteiger partial charge in [-0.1, -0.05) is 72.8 Å². The van der Waals surface area contributed by atoms with Crippen molar-refractivity contribution in [1.29, 1.82) is 0 Å². The van der Waals surface area contributed by atoms with Crippen LogP contribution < -0.4 is 0 Å². The molecule has 0 aromatic heterocycles. The van der Waals surface area contributed by atoms with Gasteiger partial charge in [0.05, 0.1) is 5.56 Å². The number of likely N-dealkylation sites (tertiary alicyclic amines) is 2. The van der Waals surface area contributed by atoms with Crippen LogP contribution in [0.2, 0.25) is 0 Å². The lowest BCUT2D eigenvalue weighted by atomic mass is 9.87. The molecule has 0 spiro atoms. The average Bonchev–Trinajstić information content (AvgIpc) is 3.31. The monoisotopic (exact) mass is 488 g/mol. The Morgan fingerprint density at radius 3 is 2.00 bits per heavy atom. The normalized spacial score (nSPS) is 22.2. The van der Waals surface area contributed by atoms with E-state index in [1.54, 1.807) is 0 Å². The number of piperidine rings is 1. The van der Waals surface area contributed by atoms with Crippen LogP contribution in [0.5, 0.6) is 0 Å². The van der Waals surface area contributed by atoms with Gasteiger partial charge in [-0.25, -0.2) is 0 Å². The first kappa shape index (κ1) is 21.4. The molecule has 3 nitrogen and oxygen atoms in total. The third kappa shape index (κ3) is 4.39. The number of carbonyl (C=O) groups is 1. The molecule has 4 heteroatoms. The molecule has 3 aromatic carbocycles. The molecule has 2 aliphatic heterocycles. The third-order valence-electron chi connectivity index (χ3n) is 7.18. The molecule has 5 rings (SSSR count). The van der Waals surface area contributed by atoms with Crippen molar-refractivity contribution >= 4 is 21.8 Å². The summed E-state index contributed by atoms with van der Waals surface area (Å²) in [6.07, 6.45) is 2.36. The fourth-order valence-electron chi connectivity index (χ4n) is 5.44. The largest absolute Gasteiger partial charge is 0.336 e. The summed E-state index contributed by atoms with van der Waals surface area (Å²) in [7, 11) is 0. The average molecular weight is 489 g/mol. The SMILES string of the molecule is O=C(c1ccccc1Br)N1C[C@@H](N2CCC(c3ccccc3)CC2)[C@H](c2ccccc2)C1. The topological polar surface area (TPSA) is 23.6 Å². The van der Waals surface area contributed by atoms with Crippen LogP contribution in [0.1, 0.15) is 46.2 Å². The number of rotatable bonds is 4. The highest BCUT2D eigenvalue weighted by molar-refractivity contribution is 9.10. The van der Waals surface area contributed by atoms with Crippen LogP contribution in [-0.2, 0) is 0 Å². The van der Waals surface area contributed by atoms with E-state index in [9.17, 15) is 4.79 Å². The van der Waals surface area contributed by atoms with Crippen molar-refractivity contribution in [2.75, 3.05) is 26.2 Å². The summed E-state index contributed by atoms with van der Waals surface area (Å²) < 4.78 is 0.869. The van der Waals surface area contributed by atoms with E-state index in [1.165, 1.54) is 24.0 Å². The second-order valence-corrected chi connectivity index (χ2v) is 9.85. The highest BCUT2D eigenvalue weighted by Gasteiger charge is 2.41. The first-order valence-electron chi connectivity index (χ1n) is 11.6. The Labute approximate surface area is 199 Å². The highest BCUT2D eigenvalue weighted by Crippen LogP contribution is 2.36. The summed E-state index contributed by atoms with van der Waals surface area (Å²) in [4.78, 5) is 18.1. The fourth-order valence-corrected chi connectivity index (χ4v) is 5.90. The van der Waals surface area contributed by atoms with Gasteiger partial charge in [-0.15, -0.1) is 0 Å². The lowest BCUT2D eigenvalue weighted by molar-refractivity contribution is 0.0768. The van der Waals surface area contributed by atoms with Crippen molar-refractivity contribution in [1.82, 2.24) is 9.80 Å². The molecule has 0 N–H and O–H groups in total. The smallest absolute Gasteiger partial charge is 0.255 e. The molecule has 2 fully saturated rings. The van der Waals surface area contributed by atoms with Crippen molar-refractivity contribution in [3.05, 3.63) is 106 Å². The molecule has 2 atom stereocenters. The molecule has 1 amide bonds. The van der Waals surface area contributed by atoms with Gasteiger partial charge in [0.25, 0.3) is 5.91 Å². The fraction of sp³-hybridized carbons (Fsp3) is 0.321. The summed E-state index contributed by atoms with van der Waals surface area (Å²) in [5.74, 6) is 1.11. The standard InChI is InChI=1S/C28H29BrN2O/c29-26-14-8-7-13-24(26)28(32)31-19-25(23-11-5-2-6-12-23)27(20-31)30-17-15-22(16-18-30)21-9-3-1-4-10-21/h1-14,22,25,27H,15-20H2/t25-,27+/m0/s1. The molecule has 0 saturated carbocycles. The van der Waals surface area contributed by atoms with Gasteiger partial charge in [-0.3, -0.25) is 9.69 Å². The van der Waals surface area contributed by atoms with E-state index in [4.69, 9.17) is 0 Å². The Balaban J connectivity index is 1.35. The molecule has 2 heterocycles.